The lowest BCUT2D eigenvalue weighted by Gasteiger charge is -2.08. The van der Waals surface area contributed by atoms with Crippen molar-refractivity contribution in [3.8, 4) is 5.75 Å². The maximum atomic E-state index is 12.2. The number of nitrogens with zero attached hydrogens (tertiary/aromatic N) is 3. The Bertz CT molecular complexity index is 982. The van der Waals surface area contributed by atoms with Gasteiger partial charge in [-0.05, 0) is 24.1 Å². The van der Waals surface area contributed by atoms with Crippen molar-refractivity contribution in [2.75, 3.05) is 19.5 Å². The summed E-state index contributed by atoms with van der Waals surface area (Å²) in [6, 6.07) is 7.77. The van der Waals surface area contributed by atoms with Gasteiger partial charge in [-0.3, -0.25) is 14.3 Å². The van der Waals surface area contributed by atoms with Gasteiger partial charge in [0.1, 0.15) is 5.75 Å². The second-order valence-corrected chi connectivity index (χ2v) is 5.43. The third kappa shape index (κ3) is 2.66. The first kappa shape index (κ1) is 15.9. The largest absolute Gasteiger partial charge is 0.497 e. The topological polar surface area (TPSA) is 93.9 Å². The van der Waals surface area contributed by atoms with Gasteiger partial charge in [-0.15, -0.1) is 0 Å². The number of aryl methyl sites for hydroxylation is 3. The number of fused-ring (bicyclic) bond motifs is 1. The van der Waals surface area contributed by atoms with Gasteiger partial charge in [-0.25, -0.2) is 4.79 Å². The molecule has 0 radical (unpaired) electrons. The Morgan fingerprint density at radius 3 is 2.58 bits per heavy atom. The summed E-state index contributed by atoms with van der Waals surface area (Å²) in [5, 5.41) is 2.98. The van der Waals surface area contributed by atoms with E-state index in [0.29, 0.717) is 30.1 Å². The van der Waals surface area contributed by atoms with Crippen LogP contribution < -0.4 is 21.3 Å². The molecule has 0 saturated carbocycles. The fourth-order valence-corrected chi connectivity index (χ4v) is 2.68. The van der Waals surface area contributed by atoms with Gasteiger partial charge in [0.2, 0.25) is 5.95 Å². The van der Waals surface area contributed by atoms with Gasteiger partial charge < -0.3 is 14.6 Å². The number of H-pyrrole nitrogens is 1. The minimum absolute atomic E-state index is 0.364. The molecule has 0 amide bonds. The zero-order valence-electron chi connectivity index (χ0n) is 13.8. The highest BCUT2D eigenvalue weighted by Crippen LogP contribution is 2.17. The maximum absolute atomic E-state index is 12.2. The Morgan fingerprint density at radius 1 is 1.25 bits per heavy atom. The molecule has 3 aromatic rings. The molecule has 8 nitrogen and oxygen atoms in total. The second-order valence-electron chi connectivity index (χ2n) is 5.43. The molecule has 0 unspecified atom stereocenters. The monoisotopic (exact) mass is 329 g/mol. The van der Waals surface area contributed by atoms with E-state index in [2.05, 4.69) is 15.3 Å². The lowest BCUT2D eigenvalue weighted by atomic mass is 10.1. The molecular weight excluding hydrogens is 310 g/mol. The maximum Gasteiger partial charge on any atom is 0.329 e. The molecule has 2 N–H and O–H groups in total. The summed E-state index contributed by atoms with van der Waals surface area (Å²) in [5.74, 6) is 1.35. The van der Waals surface area contributed by atoms with Gasteiger partial charge in [0.15, 0.2) is 11.2 Å². The number of aromatic amines is 1. The fraction of sp³-hybridized carbons (Fsp3) is 0.312. The summed E-state index contributed by atoms with van der Waals surface area (Å²) in [6.07, 6.45) is 0.715. The molecule has 0 atom stereocenters. The Hall–Kier alpha value is -3.03. The number of ether oxygens (including phenoxy) is 1. The molecule has 2 heterocycles. The summed E-state index contributed by atoms with van der Waals surface area (Å²) in [4.78, 5) is 30.6. The molecule has 0 aliphatic carbocycles. The molecule has 8 heteroatoms. The number of methoxy groups -OCH3 is 1. The van der Waals surface area contributed by atoms with Crippen LogP contribution in [0.4, 0.5) is 5.95 Å². The SMILES string of the molecule is CNc1nc2c(c(=O)[nH]c(=O)n2C)n1CCc1ccc(OC)cc1. The molecule has 3 rings (SSSR count). The van der Waals surface area contributed by atoms with Crippen LogP contribution >= 0.6 is 0 Å². The van der Waals surface area contributed by atoms with Crippen LogP contribution in [0.5, 0.6) is 5.75 Å². The van der Waals surface area contributed by atoms with E-state index in [1.165, 1.54) is 4.57 Å². The van der Waals surface area contributed by atoms with E-state index in [9.17, 15) is 9.59 Å². The lowest BCUT2D eigenvalue weighted by molar-refractivity contribution is 0.414. The quantitative estimate of drug-likeness (QED) is 0.719. The second kappa shape index (κ2) is 6.23. The highest BCUT2D eigenvalue weighted by molar-refractivity contribution is 5.74. The molecule has 0 aliphatic rings. The summed E-state index contributed by atoms with van der Waals surface area (Å²) in [5.41, 5.74) is 0.950. The van der Waals surface area contributed by atoms with E-state index < -0.39 is 11.2 Å². The van der Waals surface area contributed by atoms with Crippen LogP contribution in [-0.4, -0.2) is 33.3 Å². The number of nitrogens with one attached hydrogen (secondary N) is 2. The first-order valence-corrected chi connectivity index (χ1v) is 7.55. The van der Waals surface area contributed by atoms with E-state index in [1.807, 2.05) is 24.3 Å². The molecule has 126 valence electrons. The molecule has 0 spiro atoms. The summed E-state index contributed by atoms with van der Waals surface area (Å²) in [6.45, 7) is 0.556. The third-order valence-electron chi connectivity index (χ3n) is 4.01. The van der Waals surface area contributed by atoms with Crippen LogP contribution in [0.25, 0.3) is 11.2 Å². The fourth-order valence-electron chi connectivity index (χ4n) is 2.68. The van der Waals surface area contributed by atoms with Crippen molar-refractivity contribution in [1.29, 1.82) is 0 Å². The Kier molecular flexibility index (Phi) is 4.11. The number of hydrogen-bond acceptors (Lipinski definition) is 5. The van der Waals surface area contributed by atoms with Crippen molar-refractivity contribution in [3.63, 3.8) is 0 Å². The number of anilines is 1. The van der Waals surface area contributed by atoms with Crippen LogP contribution in [0.1, 0.15) is 5.56 Å². The van der Waals surface area contributed by atoms with Gasteiger partial charge in [0, 0.05) is 20.6 Å². The first-order valence-electron chi connectivity index (χ1n) is 7.55. The van der Waals surface area contributed by atoms with E-state index in [1.54, 1.807) is 25.8 Å². The molecule has 24 heavy (non-hydrogen) atoms. The summed E-state index contributed by atoms with van der Waals surface area (Å²) in [7, 11) is 4.95. The third-order valence-corrected chi connectivity index (χ3v) is 4.01. The Labute approximate surface area is 137 Å². The normalized spacial score (nSPS) is 11.0. The van der Waals surface area contributed by atoms with Gasteiger partial charge in [-0.1, -0.05) is 12.1 Å². The smallest absolute Gasteiger partial charge is 0.329 e. The molecule has 2 aromatic heterocycles. The summed E-state index contributed by atoms with van der Waals surface area (Å²) < 4.78 is 8.28. The van der Waals surface area contributed by atoms with Crippen LogP contribution in [0.3, 0.4) is 0 Å². The van der Waals surface area contributed by atoms with E-state index >= 15 is 0 Å². The molecule has 0 fully saturated rings. The highest BCUT2D eigenvalue weighted by atomic mass is 16.5. The molecule has 0 aliphatic heterocycles. The minimum atomic E-state index is -0.477. The van der Waals surface area contributed by atoms with E-state index in [0.717, 1.165) is 11.3 Å². The minimum Gasteiger partial charge on any atom is -0.497 e. The van der Waals surface area contributed by atoms with Gasteiger partial charge in [-0.2, -0.15) is 4.98 Å². The Morgan fingerprint density at radius 2 is 1.96 bits per heavy atom. The molecule has 0 saturated heterocycles. The zero-order chi connectivity index (χ0) is 17.3. The average molecular weight is 329 g/mol. The zero-order valence-corrected chi connectivity index (χ0v) is 13.8. The summed E-state index contributed by atoms with van der Waals surface area (Å²) >= 11 is 0. The number of rotatable bonds is 5. The van der Waals surface area contributed by atoms with Crippen LogP contribution in [0.15, 0.2) is 33.9 Å². The number of hydrogen-bond donors (Lipinski definition) is 2. The first-order chi connectivity index (χ1) is 11.5. The molecule has 0 bridgehead atoms. The van der Waals surface area contributed by atoms with Crippen LogP contribution in [0.2, 0.25) is 0 Å². The highest BCUT2D eigenvalue weighted by Gasteiger charge is 2.16. The molecule has 1 aromatic carbocycles. The lowest BCUT2D eigenvalue weighted by Crippen LogP contribution is -2.29. The van der Waals surface area contributed by atoms with Crippen molar-refractivity contribution in [2.24, 2.45) is 7.05 Å². The van der Waals surface area contributed by atoms with Crippen molar-refractivity contribution in [2.45, 2.75) is 13.0 Å². The number of aromatic nitrogens is 4. The number of imidazole rings is 1. The average Bonchev–Trinajstić information content (AvgIpc) is 2.97. The van der Waals surface area contributed by atoms with Gasteiger partial charge >= 0.3 is 5.69 Å². The van der Waals surface area contributed by atoms with E-state index in [-0.39, 0.29) is 0 Å². The van der Waals surface area contributed by atoms with Crippen molar-refractivity contribution < 1.29 is 4.74 Å². The number of benzene rings is 1. The van der Waals surface area contributed by atoms with Gasteiger partial charge in [0.05, 0.1) is 7.11 Å². The van der Waals surface area contributed by atoms with Crippen LogP contribution in [0, 0.1) is 0 Å². The van der Waals surface area contributed by atoms with Gasteiger partial charge in [0.25, 0.3) is 5.56 Å². The molecular formula is C16H19N5O3. The Balaban J connectivity index is 2.00. The van der Waals surface area contributed by atoms with Crippen LogP contribution in [-0.2, 0) is 20.0 Å². The standard InChI is InChI=1S/C16H19N5O3/c1-17-15-18-13-12(14(22)19-16(23)20(13)2)21(15)9-8-10-4-6-11(24-3)7-5-10/h4-7H,8-9H2,1-3H3,(H,17,18)(H,19,22,23). The predicted octanol–water partition coefficient (Wildman–Crippen LogP) is 0.716. The van der Waals surface area contributed by atoms with Crippen molar-refractivity contribution in [3.05, 3.63) is 50.7 Å². The van der Waals surface area contributed by atoms with E-state index in [4.69, 9.17) is 4.74 Å². The predicted molar refractivity (Wildman–Crippen MR) is 91.8 cm³/mol. The van der Waals surface area contributed by atoms with Crippen molar-refractivity contribution >= 4 is 17.1 Å². The van der Waals surface area contributed by atoms with Crippen molar-refractivity contribution in [1.82, 2.24) is 19.1 Å².